The summed E-state index contributed by atoms with van der Waals surface area (Å²) >= 11 is 0. The SMILES string of the molecule is O=[S-](=O)O[S-](=O)=O.[Li+].[Li+]. The van der Waals surface area contributed by atoms with E-state index in [1.54, 1.807) is 0 Å². The molecule has 0 fully saturated rings. The van der Waals surface area contributed by atoms with Crippen molar-refractivity contribution in [1.29, 1.82) is 0 Å². The summed E-state index contributed by atoms with van der Waals surface area (Å²) in [6.07, 6.45) is 0. The van der Waals surface area contributed by atoms with Gasteiger partial charge in [0.15, 0.2) is 0 Å². The quantitative estimate of drug-likeness (QED) is 0.295. The molecule has 0 radical (unpaired) electrons. The minimum atomic E-state index is -2.96. The Morgan fingerprint density at radius 1 is 0.778 bits per heavy atom. The van der Waals surface area contributed by atoms with Crippen molar-refractivity contribution in [3.05, 3.63) is 0 Å². The topological polar surface area (TPSA) is 77.5 Å². The second kappa shape index (κ2) is 9.05. The van der Waals surface area contributed by atoms with E-state index in [4.69, 9.17) is 0 Å². The summed E-state index contributed by atoms with van der Waals surface area (Å²) in [5.41, 5.74) is 0. The summed E-state index contributed by atoms with van der Waals surface area (Å²) in [5, 5.41) is 0. The Morgan fingerprint density at radius 3 is 1.00 bits per heavy atom. The van der Waals surface area contributed by atoms with E-state index in [-0.39, 0.29) is 37.7 Å². The number of rotatable bonds is 2. The van der Waals surface area contributed by atoms with E-state index in [1.165, 1.54) is 0 Å². The first-order valence-electron chi connectivity index (χ1n) is 1.00. The summed E-state index contributed by atoms with van der Waals surface area (Å²) in [4.78, 5) is 0. The average Bonchev–Trinajstić information content (AvgIpc) is 1.27. The van der Waals surface area contributed by atoms with E-state index in [2.05, 4.69) is 3.63 Å². The first-order valence-corrected chi connectivity index (χ1v) is 3.00. The van der Waals surface area contributed by atoms with Crippen LogP contribution in [0.1, 0.15) is 0 Å². The second-order valence-corrected chi connectivity index (χ2v) is 1.84. The van der Waals surface area contributed by atoms with Gasteiger partial charge in [-0.2, -0.15) is 0 Å². The zero-order chi connectivity index (χ0) is 5.86. The molecule has 0 bridgehead atoms. The predicted molar refractivity (Wildman–Crippen MR) is 18.6 cm³/mol. The normalized spacial score (nSPS) is 8.22. The molecule has 0 aromatic carbocycles. The van der Waals surface area contributed by atoms with Crippen molar-refractivity contribution in [1.82, 2.24) is 0 Å². The minimum Gasteiger partial charge on any atom is -0.479 e. The van der Waals surface area contributed by atoms with Gasteiger partial charge in [-0.1, -0.05) is 0 Å². The van der Waals surface area contributed by atoms with Crippen LogP contribution in [-0.2, 0) is 42.4 Å². The summed E-state index contributed by atoms with van der Waals surface area (Å²) in [6.45, 7) is 0. The third-order valence-corrected chi connectivity index (χ3v) is 1.00. The van der Waals surface area contributed by atoms with Crippen LogP contribution >= 0.6 is 0 Å². The fraction of sp³-hybridized carbons (Fsp3) is 0. The molecule has 0 heterocycles. The second-order valence-electron chi connectivity index (χ2n) is 0.476. The van der Waals surface area contributed by atoms with Crippen LogP contribution in [0.25, 0.3) is 0 Å². The molecule has 9 heavy (non-hydrogen) atoms. The molecule has 5 nitrogen and oxygen atoms in total. The van der Waals surface area contributed by atoms with Crippen molar-refractivity contribution in [2.24, 2.45) is 0 Å². The van der Waals surface area contributed by atoms with Crippen molar-refractivity contribution in [3.63, 3.8) is 0 Å². The van der Waals surface area contributed by atoms with Gasteiger partial charge in [-0.25, -0.2) is 0 Å². The molecule has 0 unspecified atom stereocenters. The zero-order valence-corrected chi connectivity index (χ0v) is 6.49. The maximum atomic E-state index is 9.19. The first kappa shape index (κ1) is 16.6. The third kappa shape index (κ3) is 17.6. The Bertz CT molecular complexity index is 141. The van der Waals surface area contributed by atoms with Gasteiger partial charge < -0.3 is 20.5 Å². The van der Waals surface area contributed by atoms with Gasteiger partial charge in [0, 0.05) is 22.0 Å². The molecular weight excluding hydrogens is 158 g/mol. The zero-order valence-electron chi connectivity index (χ0n) is 4.86. The van der Waals surface area contributed by atoms with Crippen LogP contribution in [0.15, 0.2) is 0 Å². The molecule has 0 saturated heterocycles. The van der Waals surface area contributed by atoms with Crippen molar-refractivity contribution in [2.45, 2.75) is 0 Å². The molecule has 0 aromatic heterocycles. The fourth-order valence-corrected chi connectivity index (χ4v) is 0.408. The monoisotopic (exact) mass is 158 g/mol. The van der Waals surface area contributed by atoms with Gasteiger partial charge in [-0.15, -0.1) is 0 Å². The van der Waals surface area contributed by atoms with Gasteiger partial charge >= 0.3 is 37.7 Å². The molecule has 0 aliphatic heterocycles. The standard InChI is InChI=1S/2Li.O5S2/c;;1-6(2)5-7(3)4/q2*+1;-2. The van der Waals surface area contributed by atoms with Crippen molar-refractivity contribution in [3.8, 4) is 0 Å². The average molecular weight is 158 g/mol. The van der Waals surface area contributed by atoms with E-state index >= 15 is 0 Å². The maximum Gasteiger partial charge on any atom is 1.00 e. The molecule has 0 N–H and O–H groups in total. The van der Waals surface area contributed by atoms with Crippen LogP contribution < -0.4 is 37.7 Å². The van der Waals surface area contributed by atoms with Gasteiger partial charge in [0.25, 0.3) is 0 Å². The van der Waals surface area contributed by atoms with E-state index in [0.29, 0.717) is 0 Å². The Hall–Kier alpha value is 1.05. The van der Waals surface area contributed by atoms with E-state index in [9.17, 15) is 16.8 Å². The molecule has 9 heteroatoms. The smallest absolute Gasteiger partial charge is 0.479 e. The van der Waals surface area contributed by atoms with Crippen LogP contribution in [0.2, 0.25) is 0 Å². The van der Waals surface area contributed by atoms with E-state index in [1.807, 2.05) is 0 Å². The Balaban J connectivity index is -0.000000180. The molecular formula is Li2O5S2. The van der Waals surface area contributed by atoms with Gasteiger partial charge in [0.2, 0.25) is 0 Å². The first-order chi connectivity index (χ1) is 3.13. The molecule has 0 atom stereocenters. The molecule has 0 rings (SSSR count). The van der Waals surface area contributed by atoms with Crippen LogP contribution in [-0.4, -0.2) is 0 Å². The van der Waals surface area contributed by atoms with Gasteiger partial charge in [0.1, 0.15) is 0 Å². The van der Waals surface area contributed by atoms with Crippen LogP contribution in [0.5, 0.6) is 0 Å². The summed E-state index contributed by atoms with van der Waals surface area (Å²) < 4.78 is 39.9. The molecule has 0 aliphatic rings. The van der Waals surface area contributed by atoms with Crippen molar-refractivity contribution < 1.29 is 58.2 Å². The Morgan fingerprint density at radius 2 is 1.00 bits per heavy atom. The van der Waals surface area contributed by atoms with Crippen LogP contribution in [0.3, 0.4) is 0 Å². The Labute approximate surface area is 79.8 Å². The van der Waals surface area contributed by atoms with Crippen LogP contribution in [0.4, 0.5) is 0 Å². The molecule has 0 aliphatic carbocycles. The summed E-state index contributed by atoms with van der Waals surface area (Å²) in [5.74, 6) is 0. The van der Waals surface area contributed by atoms with E-state index in [0.717, 1.165) is 0 Å². The number of hydrogen-bond donors (Lipinski definition) is 0. The molecule has 0 amide bonds. The molecule has 0 aromatic rings. The van der Waals surface area contributed by atoms with Crippen LogP contribution in [0, 0.1) is 0 Å². The third-order valence-electron chi connectivity index (χ3n) is 0.111. The number of hydrogen-bond acceptors (Lipinski definition) is 7. The largest absolute Gasteiger partial charge is 1.00 e. The van der Waals surface area contributed by atoms with Gasteiger partial charge in [0.05, 0.1) is 0 Å². The maximum absolute atomic E-state index is 9.19. The van der Waals surface area contributed by atoms with Crippen molar-refractivity contribution >= 4 is 22.0 Å². The fourth-order valence-electron chi connectivity index (χ4n) is 0.0454. The van der Waals surface area contributed by atoms with Crippen molar-refractivity contribution in [2.75, 3.05) is 0 Å². The predicted octanol–water partition coefficient (Wildman–Crippen LogP) is -6.54. The van der Waals surface area contributed by atoms with Gasteiger partial charge in [-0.3, -0.25) is 0 Å². The molecule has 0 saturated carbocycles. The Kier molecular flexibility index (Phi) is 16.7. The summed E-state index contributed by atoms with van der Waals surface area (Å²) in [6, 6.07) is 0. The summed E-state index contributed by atoms with van der Waals surface area (Å²) in [7, 11) is -5.92. The van der Waals surface area contributed by atoms with Gasteiger partial charge in [-0.05, 0) is 0 Å². The molecule has 0 spiro atoms. The van der Waals surface area contributed by atoms with E-state index < -0.39 is 22.0 Å². The minimum absolute atomic E-state index is 0. The molecule has 44 valence electrons.